The van der Waals surface area contributed by atoms with Gasteiger partial charge in [0, 0.05) is 31.7 Å². The van der Waals surface area contributed by atoms with E-state index in [0.29, 0.717) is 12.5 Å². The molecule has 0 aliphatic carbocycles. The third-order valence-electron chi connectivity index (χ3n) is 6.49. The van der Waals surface area contributed by atoms with Gasteiger partial charge >= 0.3 is 0 Å². The van der Waals surface area contributed by atoms with Crippen LogP contribution in [0.15, 0.2) is 42.5 Å². The second-order valence-electron chi connectivity index (χ2n) is 8.32. The lowest BCUT2D eigenvalue weighted by molar-refractivity contribution is -0.138. The summed E-state index contributed by atoms with van der Waals surface area (Å²) < 4.78 is 0. The van der Waals surface area contributed by atoms with Gasteiger partial charge in [0.25, 0.3) is 5.91 Å². The number of amides is 2. The maximum absolute atomic E-state index is 13.3. The van der Waals surface area contributed by atoms with Crippen molar-refractivity contribution in [2.45, 2.75) is 39.0 Å². The SMILES string of the molecule is CCC1CCCN(C(=O)C2CCCN(C(=O)c3cccc4ccccc34)C2)C1. The van der Waals surface area contributed by atoms with Gasteiger partial charge in [-0.15, -0.1) is 0 Å². The molecule has 2 unspecified atom stereocenters. The Balaban J connectivity index is 1.49. The van der Waals surface area contributed by atoms with Gasteiger partial charge in [0.2, 0.25) is 5.91 Å². The third kappa shape index (κ3) is 3.78. The van der Waals surface area contributed by atoms with Gasteiger partial charge < -0.3 is 9.80 Å². The van der Waals surface area contributed by atoms with E-state index in [0.717, 1.165) is 61.7 Å². The monoisotopic (exact) mass is 378 g/mol. The molecule has 148 valence electrons. The van der Waals surface area contributed by atoms with Gasteiger partial charge in [-0.1, -0.05) is 49.7 Å². The van der Waals surface area contributed by atoms with Crippen molar-refractivity contribution in [2.24, 2.45) is 11.8 Å². The molecule has 2 fully saturated rings. The van der Waals surface area contributed by atoms with Crippen LogP contribution in [-0.2, 0) is 4.79 Å². The maximum atomic E-state index is 13.3. The lowest BCUT2D eigenvalue weighted by Gasteiger charge is -2.38. The van der Waals surface area contributed by atoms with Crippen LogP contribution in [0.3, 0.4) is 0 Å². The van der Waals surface area contributed by atoms with E-state index in [9.17, 15) is 9.59 Å². The molecule has 0 N–H and O–H groups in total. The average molecular weight is 379 g/mol. The highest BCUT2D eigenvalue weighted by Crippen LogP contribution is 2.26. The summed E-state index contributed by atoms with van der Waals surface area (Å²) in [6, 6.07) is 13.9. The smallest absolute Gasteiger partial charge is 0.254 e. The van der Waals surface area contributed by atoms with E-state index in [2.05, 4.69) is 11.8 Å². The fraction of sp³-hybridized carbons (Fsp3) is 0.500. The molecule has 28 heavy (non-hydrogen) atoms. The normalized spacial score (nSPS) is 23.0. The van der Waals surface area contributed by atoms with Gasteiger partial charge in [-0.2, -0.15) is 0 Å². The van der Waals surface area contributed by atoms with Crippen molar-refractivity contribution in [1.29, 1.82) is 0 Å². The highest BCUT2D eigenvalue weighted by atomic mass is 16.2. The first-order chi connectivity index (χ1) is 13.7. The summed E-state index contributed by atoms with van der Waals surface area (Å²) in [4.78, 5) is 30.3. The standard InChI is InChI=1S/C24H30N2O2/c1-2-18-8-6-14-25(16-18)23(27)20-11-7-15-26(17-20)24(28)22-13-5-10-19-9-3-4-12-21(19)22/h3-5,9-10,12-13,18,20H,2,6-8,11,14-17H2,1H3. The molecule has 2 atom stereocenters. The molecule has 0 saturated carbocycles. The molecule has 4 nitrogen and oxygen atoms in total. The molecule has 0 bridgehead atoms. The van der Waals surface area contributed by atoms with Gasteiger partial charge in [-0.05, 0) is 48.4 Å². The second kappa shape index (κ2) is 8.34. The summed E-state index contributed by atoms with van der Waals surface area (Å²) in [5, 5.41) is 2.07. The molecule has 4 heteroatoms. The van der Waals surface area contributed by atoms with E-state index in [1.807, 2.05) is 47.4 Å². The summed E-state index contributed by atoms with van der Waals surface area (Å²) in [6.45, 7) is 5.27. The lowest BCUT2D eigenvalue weighted by atomic mass is 9.91. The Hall–Kier alpha value is -2.36. The van der Waals surface area contributed by atoms with Gasteiger partial charge in [-0.3, -0.25) is 9.59 Å². The number of benzene rings is 2. The number of hydrogen-bond donors (Lipinski definition) is 0. The first-order valence-corrected chi connectivity index (χ1v) is 10.7. The summed E-state index contributed by atoms with van der Waals surface area (Å²) >= 11 is 0. The first-order valence-electron chi connectivity index (χ1n) is 10.7. The van der Waals surface area contributed by atoms with Gasteiger partial charge in [0.15, 0.2) is 0 Å². The molecule has 2 aliphatic heterocycles. The topological polar surface area (TPSA) is 40.6 Å². The zero-order valence-electron chi connectivity index (χ0n) is 16.8. The zero-order chi connectivity index (χ0) is 19.5. The minimum Gasteiger partial charge on any atom is -0.342 e. The summed E-state index contributed by atoms with van der Waals surface area (Å²) in [6.07, 6.45) is 5.27. The zero-order valence-corrected chi connectivity index (χ0v) is 16.8. The van der Waals surface area contributed by atoms with Crippen LogP contribution >= 0.6 is 0 Å². The molecule has 2 aromatic carbocycles. The van der Waals surface area contributed by atoms with Crippen molar-refractivity contribution in [2.75, 3.05) is 26.2 Å². The van der Waals surface area contributed by atoms with Gasteiger partial charge in [0.05, 0.1) is 5.92 Å². The minimum absolute atomic E-state index is 0.0525. The van der Waals surface area contributed by atoms with Crippen molar-refractivity contribution < 1.29 is 9.59 Å². The summed E-state index contributed by atoms with van der Waals surface area (Å²) in [7, 11) is 0. The second-order valence-corrected chi connectivity index (χ2v) is 8.32. The number of carbonyl (C=O) groups is 2. The number of rotatable bonds is 3. The molecule has 2 aliphatic rings. The van der Waals surface area contributed by atoms with E-state index in [-0.39, 0.29) is 17.7 Å². The molecule has 2 amide bonds. The van der Waals surface area contributed by atoms with E-state index in [1.165, 1.54) is 6.42 Å². The van der Waals surface area contributed by atoms with E-state index in [1.54, 1.807) is 0 Å². The largest absolute Gasteiger partial charge is 0.342 e. The van der Waals surface area contributed by atoms with Crippen LogP contribution < -0.4 is 0 Å². The van der Waals surface area contributed by atoms with E-state index in [4.69, 9.17) is 0 Å². The molecule has 4 rings (SSSR count). The molecule has 2 aromatic rings. The molecule has 0 spiro atoms. The molecule has 2 heterocycles. The van der Waals surface area contributed by atoms with E-state index < -0.39 is 0 Å². The summed E-state index contributed by atoms with van der Waals surface area (Å²) in [5.74, 6) is 0.894. The first kappa shape index (κ1) is 19.0. The van der Waals surface area contributed by atoms with Crippen LogP contribution in [-0.4, -0.2) is 47.8 Å². The van der Waals surface area contributed by atoms with E-state index >= 15 is 0 Å². The van der Waals surface area contributed by atoms with Crippen LogP contribution in [0.4, 0.5) is 0 Å². The summed E-state index contributed by atoms with van der Waals surface area (Å²) in [5.41, 5.74) is 0.746. The van der Waals surface area contributed by atoms with Crippen molar-refractivity contribution >= 4 is 22.6 Å². The average Bonchev–Trinajstić information content (AvgIpc) is 2.77. The van der Waals surface area contributed by atoms with Gasteiger partial charge in [-0.25, -0.2) is 0 Å². The Labute approximate surface area is 167 Å². The number of hydrogen-bond acceptors (Lipinski definition) is 2. The molecular weight excluding hydrogens is 348 g/mol. The predicted molar refractivity (Wildman–Crippen MR) is 112 cm³/mol. The lowest BCUT2D eigenvalue weighted by Crippen LogP contribution is -2.49. The fourth-order valence-electron chi connectivity index (χ4n) is 4.80. The Bertz CT molecular complexity index is 857. The van der Waals surface area contributed by atoms with Crippen LogP contribution in [0.1, 0.15) is 49.4 Å². The predicted octanol–water partition coefficient (Wildman–Crippen LogP) is 4.34. The number of carbonyl (C=O) groups excluding carboxylic acids is 2. The van der Waals surface area contributed by atoms with Gasteiger partial charge in [0.1, 0.15) is 0 Å². The van der Waals surface area contributed by atoms with Crippen LogP contribution in [0.2, 0.25) is 0 Å². The molecule has 0 aromatic heterocycles. The fourth-order valence-corrected chi connectivity index (χ4v) is 4.80. The van der Waals surface area contributed by atoms with Crippen LogP contribution in [0.5, 0.6) is 0 Å². The molecular formula is C24H30N2O2. The number of piperidine rings is 2. The number of likely N-dealkylation sites (tertiary alicyclic amines) is 2. The Morgan fingerprint density at radius 3 is 2.54 bits per heavy atom. The van der Waals surface area contributed by atoms with Crippen LogP contribution in [0, 0.1) is 11.8 Å². The number of fused-ring (bicyclic) bond motifs is 1. The van der Waals surface area contributed by atoms with Crippen LogP contribution in [0.25, 0.3) is 10.8 Å². The number of nitrogens with zero attached hydrogens (tertiary/aromatic N) is 2. The Morgan fingerprint density at radius 1 is 0.929 bits per heavy atom. The van der Waals surface area contributed by atoms with Crippen molar-refractivity contribution in [3.63, 3.8) is 0 Å². The van der Waals surface area contributed by atoms with Crippen molar-refractivity contribution in [3.05, 3.63) is 48.0 Å². The third-order valence-corrected chi connectivity index (χ3v) is 6.49. The maximum Gasteiger partial charge on any atom is 0.254 e. The van der Waals surface area contributed by atoms with Crippen molar-refractivity contribution in [3.8, 4) is 0 Å². The molecule has 0 radical (unpaired) electrons. The highest BCUT2D eigenvalue weighted by Gasteiger charge is 2.33. The quantitative estimate of drug-likeness (QED) is 0.797. The minimum atomic E-state index is -0.0525. The highest BCUT2D eigenvalue weighted by molar-refractivity contribution is 6.07. The Morgan fingerprint density at radius 2 is 1.68 bits per heavy atom. The molecule has 2 saturated heterocycles. The van der Waals surface area contributed by atoms with Crippen molar-refractivity contribution in [1.82, 2.24) is 9.80 Å². The Kier molecular flexibility index (Phi) is 5.65.